The number of likely N-dealkylation sites (N-methyl/N-ethyl adjacent to an activating group) is 1. The molecule has 0 fully saturated rings. The lowest BCUT2D eigenvalue weighted by Crippen LogP contribution is -2.36. The van der Waals surface area contributed by atoms with Gasteiger partial charge < -0.3 is 15.2 Å². The van der Waals surface area contributed by atoms with Gasteiger partial charge in [-0.05, 0) is 25.6 Å². The van der Waals surface area contributed by atoms with Crippen LogP contribution in [0.25, 0.3) is 0 Å². The van der Waals surface area contributed by atoms with Crippen LogP contribution in [0, 0.1) is 0 Å². The molecule has 0 bridgehead atoms. The van der Waals surface area contributed by atoms with E-state index in [-0.39, 0.29) is 0 Å². The highest BCUT2D eigenvalue weighted by molar-refractivity contribution is 5.45. The Labute approximate surface area is 77.3 Å². The van der Waals surface area contributed by atoms with E-state index in [1.54, 1.807) is 12.1 Å². The van der Waals surface area contributed by atoms with Crippen molar-refractivity contribution in [2.24, 2.45) is 0 Å². The van der Waals surface area contributed by atoms with Gasteiger partial charge in [-0.15, -0.1) is 0 Å². The van der Waals surface area contributed by atoms with Crippen LogP contribution in [0.15, 0.2) is 18.2 Å². The number of nitrogens with one attached hydrogen (secondary N) is 1. The van der Waals surface area contributed by atoms with Gasteiger partial charge in [0.25, 0.3) is 0 Å². The number of phenolic OH excluding ortho intramolecular Hbond substituents is 1. The van der Waals surface area contributed by atoms with E-state index in [2.05, 4.69) is 5.32 Å². The zero-order chi connectivity index (χ0) is 9.26. The Balaban J connectivity index is 2.32. The maximum atomic E-state index is 9.56. The summed E-state index contributed by atoms with van der Waals surface area (Å²) in [4.78, 5) is 0. The number of fused-ring (bicyclic) bond motifs is 1. The first-order valence-corrected chi connectivity index (χ1v) is 4.42. The van der Waals surface area contributed by atoms with Gasteiger partial charge in [0.15, 0.2) is 0 Å². The third kappa shape index (κ3) is 1.47. The van der Waals surface area contributed by atoms with Crippen LogP contribution in [-0.4, -0.2) is 24.8 Å². The lowest BCUT2D eigenvalue weighted by molar-refractivity contribution is 0.242. The van der Waals surface area contributed by atoms with Crippen LogP contribution >= 0.6 is 0 Å². The topological polar surface area (TPSA) is 41.5 Å². The number of hydrogen-bond acceptors (Lipinski definition) is 3. The molecule has 3 nitrogen and oxygen atoms in total. The summed E-state index contributed by atoms with van der Waals surface area (Å²) in [5.41, 5.74) is 0.910. The molecule has 2 rings (SSSR count). The van der Waals surface area contributed by atoms with Crippen molar-refractivity contribution in [1.82, 2.24) is 5.32 Å². The van der Waals surface area contributed by atoms with E-state index in [1.165, 1.54) is 0 Å². The summed E-state index contributed by atoms with van der Waals surface area (Å²) in [7, 11) is 1.90. The first-order valence-electron chi connectivity index (χ1n) is 4.42. The van der Waals surface area contributed by atoms with E-state index in [1.807, 2.05) is 13.1 Å². The van der Waals surface area contributed by atoms with Gasteiger partial charge in [-0.25, -0.2) is 0 Å². The average Bonchev–Trinajstić information content (AvgIpc) is 2.18. The largest absolute Gasteiger partial charge is 0.508 e. The molecule has 1 aliphatic heterocycles. The number of aromatic hydroxyl groups is 1. The fraction of sp³-hybridized carbons (Fsp3) is 0.400. The highest BCUT2D eigenvalue weighted by Gasteiger charge is 2.20. The molecule has 1 aliphatic rings. The maximum Gasteiger partial charge on any atom is 0.126 e. The summed E-state index contributed by atoms with van der Waals surface area (Å²) in [5, 5.41) is 12.7. The zero-order valence-electron chi connectivity index (χ0n) is 7.58. The van der Waals surface area contributed by atoms with E-state index < -0.39 is 0 Å². The van der Waals surface area contributed by atoms with Crippen LogP contribution in [-0.2, 0) is 6.42 Å². The molecule has 1 atom stereocenters. The van der Waals surface area contributed by atoms with Crippen molar-refractivity contribution in [2.75, 3.05) is 13.7 Å². The Morgan fingerprint density at radius 2 is 2.38 bits per heavy atom. The number of benzene rings is 1. The van der Waals surface area contributed by atoms with Crippen molar-refractivity contribution < 1.29 is 9.84 Å². The minimum atomic E-state index is 0.306. The molecule has 2 N–H and O–H groups in total. The van der Waals surface area contributed by atoms with Gasteiger partial charge in [0.2, 0.25) is 0 Å². The van der Waals surface area contributed by atoms with E-state index >= 15 is 0 Å². The highest BCUT2D eigenvalue weighted by Crippen LogP contribution is 2.31. The molecule has 1 heterocycles. The lowest BCUT2D eigenvalue weighted by Gasteiger charge is -2.25. The van der Waals surface area contributed by atoms with Crippen LogP contribution in [0.1, 0.15) is 5.56 Å². The summed E-state index contributed by atoms with van der Waals surface area (Å²) in [6.45, 7) is 0.674. The Hall–Kier alpha value is -1.22. The zero-order valence-corrected chi connectivity index (χ0v) is 7.58. The summed E-state index contributed by atoms with van der Waals surface area (Å²) >= 11 is 0. The predicted molar refractivity (Wildman–Crippen MR) is 50.2 cm³/mol. The van der Waals surface area contributed by atoms with Gasteiger partial charge in [-0.2, -0.15) is 0 Å². The van der Waals surface area contributed by atoms with Crippen LogP contribution in [0.4, 0.5) is 0 Å². The molecule has 0 radical (unpaired) electrons. The number of hydrogen-bond donors (Lipinski definition) is 2. The van der Waals surface area contributed by atoms with E-state index in [4.69, 9.17) is 4.74 Å². The van der Waals surface area contributed by atoms with Crippen LogP contribution in [0.5, 0.6) is 11.5 Å². The summed E-state index contributed by atoms with van der Waals surface area (Å²) < 4.78 is 5.49. The quantitative estimate of drug-likeness (QED) is 0.673. The second kappa shape index (κ2) is 3.26. The van der Waals surface area contributed by atoms with Crippen LogP contribution < -0.4 is 10.1 Å². The van der Waals surface area contributed by atoms with Crippen molar-refractivity contribution in [2.45, 2.75) is 12.5 Å². The smallest absolute Gasteiger partial charge is 0.126 e. The monoisotopic (exact) mass is 179 g/mol. The van der Waals surface area contributed by atoms with Crippen molar-refractivity contribution in [1.29, 1.82) is 0 Å². The van der Waals surface area contributed by atoms with Gasteiger partial charge in [0.1, 0.15) is 18.1 Å². The van der Waals surface area contributed by atoms with E-state index in [0.29, 0.717) is 18.4 Å². The Morgan fingerprint density at radius 3 is 3.15 bits per heavy atom. The van der Waals surface area contributed by atoms with Crippen molar-refractivity contribution in [3.63, 3.8) is 0 Å². The Bertz CT molecular complexity index is 312. The molecule has 70 valence electrons. The van der Waals surface area contributed by atoms with Crippen LogP contribution in [0.3, 0.4) is 0 Å². The molecule has 3 heteroatoms. The van der Waals surface area contributed by atoms with Crippen LogP contribution in [0.2, 0.25) is 0 Å². The van der Waals surface area contributed by atoms with Gasteiger partial charge in [-0.1, -0.05) is 6.07 Å². The first kappa shape index (κ1) is 8.38. The SMILES string of the molecule is CNC1COc2cccc(O)c2C1. The molecule has 1 aromatic rings. The fourth-order valence-electron chi connectivity index (χ4n) is 1.58. The molecule has 1 aromatic carbocycles. The normalized spacial score (nSPS) is 20.5. The van der Waals surface area contributed by atoms with E-state index in [9.17, 15) is 5.11 Å². The summed E-state index contributed by atoms with van der Waals surface area (Å²) in [6.07, 6.45) is 0.832. The molecular weight excluding hydrogens is 166 g/mol. The molecule has 0 saturated heterocycles. The van der Waals surface area contributed by atoms with E-state index in [0.717, 1.165) is 17.7 Å². The van der Waals surface area contributed by atoms with Gasteiger partial charge in [0.05, 0.1) is 0 Å². The average molecular weight is 179 g/mol. The minimum absolute atomic E-state index is 0.306. The second-order valence-electron chi connectivity index (χ2n) is 3.25. The van der Waals surface area contributed by atoms with Crippen molar-refractivity contribution in [3.8, 4) is 11.5 Å². The molecule has 0 aromatic heterocycles. The highest BCUT2D eigenvalue weighted by atomic mass is 16.5. The Kier molecular flexibility index (Phi) is 2.10. The molecule has 0 saturated carbocycles. The maximum absolute atomic E-state index is 9.56. The minimum Gasteiger partial charge on any atom is -0.508 e. The molecule has 13 heavy (non-hydrogen) atoms. The van der Waals surface area contributed by atoms with Gasteiger partial charge in [0, 0.05) is 11.6 Å². The molecule has 0 amide bonds. The fourth-order valence-corrected chi connectivity index (χ4v) is 1.58. The number of ether oxygens (including phenoxy) is 1. The first-order chi connectivity index (χ1) is 6.31. The molecule has 0 aliphatic carbocycles. The standard InChI is InChI=1S/C10H13NO2/c1-11-7-5-8-9(12)3-2-4-10(8)13-6-7/h2-4,7,11-12H,5-6H2,1H3. The number of phenols is 1. The van der Waals surface area contributed by atoms with Gasteiger partial charge in [-0.3, -0.25) is 0 Å². The lowest BCUT2D eigenvalue weighted by atomic mass is 10.0. The molecular formula is C10H13NO2. The predicted octanol–water partition coefficient (Wildman–Crippen LogP) is 0.915. The molecule has 0 spiro atoms. The van der Waals surface area contributed by atoms with Crippen molar-refractivity contribution in [3.05, 3.63) is 23.8 Å². The second-order valence-corrected chi connectivity index (χ2v) is 3.25. The summed E-state index contributed by atoms with van der Waals surface area (Å²) in [5.74, 6) is 1.14. The third-order valence-corrected chi connectivity index (χ3v) is 2.41. The van der Waals surface area contributed by atoms with Crippen molar-refractivity contribution >= 4 is 0 Å². The summed E-state index contributed by atoms with van der Waals surface area (Å²) in [6, 6.07) is 5.69. The number of rotatable bonds is 1. The molecule has 1 unspecified atom stereocenters. The Morgan fingerprint density at radius 1 is 1.54 bits per heavy atom. The van der Waals surface area contributed by atoms with Gasteiger partial charge >= 0.3 is 0 Å². The third-order valence-electron chi connectivity index (χ3n) is 2.41.